The Hall–Kier alpha value is -1.79. The highest BCUT2D eigenvalue weighted by molar-refractivity contribution is 5.79. The van der Waals surface area contributed by atoms with Crippen LogP contribution in [0.2, 0.25) is 0 Å². The molecule has 0 atom stereocenters. The molecule has 6 heteroatoms. The van der Waals surface area contributed by atoms with Crippen LogP contribution < -0.4 is 9.47 Å². The van der Waals surface area contributed by atoms with Crippen molar-refractivity contribution in [2.24, 2.45) is 5.92 Å². The van der Waals surface area contributed by atoms with Crippen LogP contribution in [0.15, 0.2) is 18.2 Å². The van der Waals surface area contributed by atoms with Gasteiger partial charge in [-0.05, 0) is 32.0 Å². The van der Waals surface area contributed by atoms with Gasteiger partial charge in [0.2, 0.25) is 5.91 Å². The minimum absolute atomic E-state index is 0.159. The maximum absolute atomic E-state index is 12.6. The first-order chi connectivity index (χ1) is 12.2. The van der Waals surface area contributed by atoms with Gasteiger partial charge in [-0.15, -0.1) is 0 Å². The number of benzene rings is 1. The van der Waals surface area contributed by atoms with Gasteiger partial charge >= 0.3 is 0 Å². The number of carbonyl (C=O) groups excluding carboxylic acids is 1. The van der Waals surface area contributed by atoms with Crippen molar-refractivity contribution in [2.45, 2.75) is 19.4 Å². The Kier molecular flexibility index (Phi) is 6.15. The summed E-state index contributed by atoms with van der Waals surface area (Å²) in [5.74, 6) is 2.12. The van der Waals surface area contributed by atoms with Crippen LogP contribution in [-0.2, 0) is 16.1 Å². The van der Waals surface area contributed by atoms with E-state index in [1.54, 1.807) is 14.2 Å². The molecule has 2 saturated heterocycles. The molecule has 1 aromatic carbocycles. The lowest BCUT2D eigenvalue weighted by Gasteiger charge is -2.35. The van der Waals surface area contributed by atoms with Crippen LogP contribution in [0.5, 0.6) is 11.5 Å². The van der Waals surface area contributed by atoms with Crippen molar-refractivity contribution < 1.29 is 19.0 Å². The van der Waals surface area contributed by atoms with Crippen molar-refractivity contribution in [3.63, 3.8) is 0 Å². The smallest absolute Gasteiger partial charge is 0.225 e. The van der Waals surface area contributed by atoms with Crippen molar-refractivity contribution in [1.29, 1.82) is 0 Å². The molecule has 25 heavy (non-hydrogen) atoms. The fourth-order valence-corrected chi connectivity index (χ4v) is 3.60. The van der Waals surface area contributed by atoms with Crippen molar-refractivity contribution in [1.82, 2.24) is 9.80 Å². The van der Waals surface area contributed by atoms with E-state index >= 15 is 0 Å². The fourth-order valence-electron chi connectivity index (χ4n) is 3.60. The van der Waals surface area contributed by atoms with Crippen LogP contribution in [0.25, 0.3) is 0 Å². The lowest BCUT2D eigenvalue weighted by atomic mass is 9.94. The molecule has 0 aromatic heterocycles. The second-order valence-electron chi connectivity index (χ2n) is 6.67. The predicted octanol–water partition coefficient (Wildman–Crippen LogP) is 1.77. The van der Waals surface area contributed by atoms with Gasteiger partial charge in [0.25, 0.3) is 0 Å². The van der Waals surface area contributed by atoms with Crippen LogP contribution in [0.4, 0.5) is 0 Å². The molecule has 3 rings (SSSR count). The summed E-state index contributed by atoms with van der Waals surface area (Å²) >= 11 is 0. The van der Waals surface area contributed by atoms with E-state index in [1.807, 2.05) is 17.0 Å². The third kappa shape index (κ3) is 4.44. The van der Waals surface area contributed by atoms with Gasteiger partial charge in [-0.1, -0.05) is 6.07 Å². The highest BCUT2D eigenvalue weighted by Gasteiger charge is 2.29. The zero-order valence-electron chi connectivity index (χ0n) is 15.2. The van der Waals surface area contributed by atoms with Gasteiger partial charge in [-0.25, -0.2) is 0 Å². The molecule has 0 spiro atoms. The van der Waals surface area contributed by atoms with Crippen LogP contribution in [-0.4, -0.2) is 69.3 Å². The van der Waals surface area contributed by atoms with Crippen LogP contribution in [0.3, 0.4) is 0 Å². The number of nitrogens with zero attached hydrogens (tertiary/aromatic N) is 2. The van der Waals surface area contributed by atoms with E-state index in [1.165, 1.54) is 0 Å². The first-order valence-corrected chi connectivity index (χ1v) is 9.01. The molecular weight excluding hydrogens is 320 g/mol. The van der Waals surface area contributed by atoms with Crippen molar-refractivity contribution >= 4 is 5.91 Å². The molecule has 2 fully saturated rings. The van der Waals surface area contributed by atoms with Crippen molar-refractivity contribution in [2.75, 3.05) is 53.6 Å². The number of hydrogen-bond acceptors (Lipinski definition) is 5. The number of carbonyl (C=O) groups is 1. The first-order valence-electron chi connectivity index (χ1n) is 9.01. The average Bonchev–Trinajstić information content (AvgIpc) is 2.69. The average molecular weight is 348 g/mol. The number of amides is 1. The van der Waals surface area contributed by atoms with E-state index < -0.39 is 0 Å². The predicted molar refractivity (Wildman–Crippen MR) is 94.9 cm³/mol. The standard InChI is InChI=1S/C19H28N2O4/c1-23-17-4-3-16(18(13-17)24-2)14-20-7-5-15(6-8-20)19(22)21-9-11-25-12-10-21/h3-4,13,15H,5-12,14H2,1-2H3. The van der Waals surface area contributed by atoms with Crippen molar-refractivity contribution in [3.05, 3.63) is 23.8 Å². The van der Waals surface area contributed by atoms with Gasteiger partial charge in [0, 0.05) is 37.2 Å². The Morgan fingerprint density at radius 3 is 2.48 bits per heavy atom. The summed E-state index contributed by atoms with van der Waals surface area (Å²) < 4.78 is 16.1. The Morgan fingerprint density at radius 2 is 1.84 bits per heavy atom. The summed E-state index contributed by atoms with van der Waals surface area (Å²) in [6.07, 6.45) is 1.85. The largest absolute Gasteiger partial charge is 0.497 e. The van der Waals surface area contributed by atoms with E-state index in [-0.39, 0.29) is 5.92 Å². The SMILES string of the molecule is COc1ccc(CN2CCC(C(=O)N3CCOCC3)CC2)c(OC)c1. The molecule has 1 aromatic rings. The maximum Gasteiger partial charge on any atom is 0.225 e. The van der Waals surface area contributed by atoms with Gasteiger partial charge < -0.3 is 19.1 Å². The molecule has 2 aliphatic heterocycles. The Labute approximate surface area is 149 Å². The summed E-state index contributed by atoms with van der Waals surface area (Å²) in [6.45, 7) is 5.53. The summed E-state index contributed by atoms with van der Waals surface area (Å²) in [6, 6.07) is 5.94. The Morgan fingerprint density at radius 1 is 1.12 bits per heavy atom. The van der Waals surface area contributed by atoms with Crippen LogP contribution in [0, 0.1) is 5.92 Å². The molecule has 0 saturated carbocycles. The normalized spacial score (nSPS) is 19.7. The van der Waals surface area contributed by atoms with Crippen LogP contribution in [0.1, 0.15) is 18.4 Å². The molecular formula is C19H28N2O4. The fraction of sp³-hybridized carbons (Fsp3) is 0.632. The Bertz CT molecular complexity index is 579. The number of hydrogen-bond donors (Lipinski definition) is 0. The minimum atomic E-state index is 0.159. The van der Waals surface area contributed by atoms with Gasteiger partial charge in [0.15, 0.2) is 0 Å². The summed E-state index contributed by atoms with van der Waals surface area (Å²) in [5, 5.41) is 0. The third-order valence-corrected chi connectivity index (χ3v) is 5.15. The first kappa shape index (κ1) is 18.0. The van der Waals surface area contributed by atoms with Gasteiger partial charge in [-0.3, -0.25) is 9.69 Å². The van der Waals surface area contributed by atoms with E-state index in [0.717, 1.165) is 62.6 Å². The molecule has 2 aliphatic rings. The maximum atomic E-state index is 12.6. The highest BCUT2D eigenvalue weighted by atomic mass is 16.5. The van der Waals surface area contributed by atoms with E-state index in [9.17, 15) is 4.79 Å². The monoisotopic (exact) mass is 348 g/mol. The second kappa shape index (κ2) is 8.54. The summed E-state index contributed by atoms with van der Waals surface area (Å²) in [4.78, 5) is 17.0. The molecule has 2 heterocycles. The molecule has 0 bridgehead atoms. The molecule has 0 aliphatic carbocycles. The molecule has 1 amide bonds. The number of methoxy groups -OCH3 is 2. The number of piperidine rings is 1. The van der Waals surface area contributed by atoms with E-state index in [4.69, 9.17) is 14.2 Å². The summed E-state index contributed by atoms with van der Waals surface area (Å²) in [5.41, 5.74) is 1.15. The second-order valence-corrected chi connectivity index (χ2v) is 6.67. The molecule has 138 valence electrons. The van der Waals surface area contributed by atoms with Crippen LogP contribution >= 0.6 is 0 Å². The zero-order chi connectivity index (χ0) is 17.6. The van der Waals surface area contributed by atoms with Gasteiger partial charge in [0.05, 0.1) is 27.4 Å². The molecule has 0 N–H and O–H groups in total. The topological polar surface area (TPSA) is 51.2 Å². The highest BCUT2D eigenvalue weighted by Crippen LogP contribution is 2.28. The Balaban J connectivity index is 1.53. The molecule has 0 unspecified atom stereocenters. The van der Waals surface area contributed by atoms with E-state index in [2.05, 4.69) is 11.0 Å². The number of likely N-dealkylation sites (tertiary alicyclic amines) is 1. The number of rotatable bonds is 5. The zero-order valence-corrected chi connectivity index (χ0v) is 15.2. The third-order valence-electron chi connectivity index (χ3n) is 5.15. The van der Waals surface area contributed by atoms with E-state index in [0.29, 0.717) is 19.1 Å². The van der Waals surface area contributed by atoms with Gasteiger partial charge in [0.1, 0.15) is 11.5 Å². The lowest BCUT2D eigenvalue weighted by molar-refractivity contribution is -0.141. The lowest BCUT2D eigenvalue weighted by Crippen LogP contribution is -2.46. The summed E-state index contributed by atoms with van der Waals surface area (Å²) in [7, 11) is 3.34. The number of morpholine rings is 1. The van der Waals surface area contributed by atoms with Crippen molar-refractivity contribution in [3.8, 4) is 11.5 Å². The quantitative estimate of drug-likeness (QED) is 0.812. The van der Waals surface area contributed by atoms with Gasteiger partial charge in [-0.2, -0.15) is 0 Å². The molecule has 0 radical (unpaired) electrons. The molecule has 6 nitrogen and oxygen atoms in total. The number of ether oxygens (including phenoxy) is 3. The minimum Gasteiger partial charge on any atom is -0.497 e.